The summed E-state index contributed by atoms with van der Waals surface area (Å²) in [5.74, 6) is 3.10. The number of nitrogens with zero attached hydrogens (tertiary/aromatic N) is 1. The molecule has 18 heavy (non-hydrogen) atoms. The van der Waals surface area contributed by atoms with Crippen LogP contribution in [0, 0.1) is 11.8 Å². The molecule has 1 aromatic rings. The van der Waals surface area contributed by atoms with E-state index >= 15 is 0 Å². The molecule has 0 radical (unpaired) electrons. The molecule has 1 aliphatic carbocycles. The zero-order chi connectivity index (χ0) is 12.4. The van der Waals surface area contributed by atoms with Crippen LogP contribution in [0.3, 0.4) is 0 Å². The maximum Gasteiger partial charge on any atom is 0.122 e. The second kappa shape index (κ2) is 5.45. The smallest absolute Gasteiger partial charge is 0.122 e. The molecule has 2 aliphatic rings. The summed E-state index contributed by atoms with van der Waals surface area (Å²) in [6.45, 7) is 7.65. The van der Waals surface area contributed by atoms with Gasteiger partial charge in [-0.1, -0.05) is 13.3 Å². The zero-order valence-corrected chi connectivity index (χ0v) is 11.3. The molecule has 3 heteroatoms. The minimum Gasteiger partial charge on any atom is -0.468 e. The molecule has 0 spiro atoms. The molecule has 0 amide bonds. The molecule has 2 heterocycles. The van der Waals surface area contributed by atoms with Crippen LogP contribution in [0.25, 0.3) is 0 Å². The first-order valence-electron chi connectivity index (χ1n) is 7.35. The Morgan fingerprint density at radius 1 is 1.33 bits per heavy atom. The summed E-state index contributed by atoms with van der Waals surface area (Å²) in [7, 11) is 0. The van der Waals surface area contributed by atoms with Gasteiger partial charge in [-0.25, -0.2) is 0 Å². The van der Waals surface area contributed by atoms with E-state index < -0.39 is 0 Å². The van der Waals surface area contributed by atoms with Gasteiger partial charge in [0.1, 0.15) is 5.76 Å². The van der Waals surface area contributed by atoms with E-state index in [2.05, 4.69) is 23.2 Å². The van der Waals surface area contributed by atoms with Crippen LogP contribution in [0.15, 0.2) is 16.7 Å². The highest BCUT2D eigenvalue weighted by Crippen LogP contribution is 2.38. The van der Waals surface area contributed by atoms with Gasteiger partial charge in [0.15, 0.2) is 0 Å². The van der Waals surface area contributed by atoms with Gasteiger partial charge in [0.05, 0.1) is 12.8 Å². The summed E-state index contributed by atoms with van der Waals surface area (Å²) in [5.41, 5.74) is 1.33. The molecule has 2 fully saturated rings. The van der Waals surface area contributed by atoms with Crippen LogP contribution in [-0.4, -0.2) is 24.5 Å². The molecule has 1 saturated heterocycles. The van der Waals surface area contributed by atoms with Gasteiger partial charge < -0.3 is 9.73 Å². The highest BCUT2D eigenvalue weighted by molar-refractivity contribution is 5.17. The average Bonchev–Trinajstić information content (AvgIpc) is 3.02. The summed E-state index contributed by atoms with van der Waals surface area (Å²) in [4.78, 5) is 2.59. The van der Waals surface area contributed by atoms with Crippen LogP contribution in [-0.2, 0) is 13.1 Å². The van der Waals surface area contributed by atoms with Gasteiger partial charge in [-0.05, 0) is 37.3 Å². The van der Waals surface area contributed by atoms with E-state index in [9.17, 15) is 0 Å². The molecule has 1 aromatic heterocycles. The van der Waals surface area contributed by atoms with Crippen molar-refractivity contribution in [3.05, 3.63) is 23.7 Å². The molecule has 2 unspecified atom stereocenters. The van der Waals surface area contributed by atoms with Gasteiger partial charge in [-0.2, -0.15) is 0 Å². The van der Waals surface area contributed by atoms with Crippen molar-refractivity contribution >= 4 is 0 Å². The summed E-state index contributed by atoms with van der Waals surface area (Å²) in [6.07, 6.45) is 6.18. The number of hydrogen-bond donors (Lipinski definition) is 1. The Balaban J connectivity index is 1.58. The number of hydrogen-bond acceptors (Lipinski definition) is 3. The first kappa shape index (κ1) is 12.2. The summed E-state index contributed by atoms with van der Waals surface area (Å²) in [6, 6.07) is 2.11. The molecule has 2 atom stereocenters. The first-order valence-corrected chi connectivity index (χ1v) is 7.35. The molecule has 3 nitrogen and oxygen atoms in total. The predicted octanol–water partition coefficient (Wildman–Crippen LogP) is 2.62. The van der Waals surface area contributed by atoms with Crippen molar-refractivity contribution in [1.29, 1.82) is 0 Å². The Morgan fingerprint density at radius 2 is 2.11 bits per heavy atom. The highest BCUT2D eigenvalue weighted by Gasteiger charge is 2.36. The maximum absolute atomic E-state index is 5.66. The zero-order valence-electron chi connectivity index (χ0n) is 11.3. The van der Waals surface area contributed by atoms with Gasteiger partial charge in [0, 0.05) is 25.2 Å². The lowest BCUT2D eigenvalue weighted by Crippen LogP contribution is -2.22. The summed E-state index contributed by atoms with van der Waals surface area (Å²) >= 11 is 0. The normalized spacial score (nSPS) is 27.8. The van der Waals surface area contributed by atoms with E-state index in [-0.39, 0.29) is 0 Å². The van der Waals surface area contributed by atoms with Crippen molar-refractivity contribution in [1.82, 2.24) is 10.2 Å². The third kappa shape index (κ3) is 2.47. The van der Waals surface area contributed by atoms with Crippen LogP contribution >= 0.6 is 0 Å². The number of nitrogens with one attached hydrogen (secondary N) is 1. The minimum atomic E-state index is 0.934. The molecule has 100 valence electrons. The van der Waals surface area contributed by atoms with Gasteiger partial charge in [0.2, 0.25) is 0 Å². The summed E-state index contributed by atoms with van der Waals surface area (Å²) in [5, 5.41) is 3.38. The number of likely N-dealkylation sites (tertiary alicyclic amines) is 1. The van der Waals surface area contributed by atoms with E-state index in [1.807, 2.05) is 6.26 Å². The second-order valence-corrected chi connectivity index (χ2v) is 5.79. The highest BCUT2D eigenvalue weighted by atomic mass is 16.3. The average molecular weight is 248 g/mol. The Labute approximate surface area is 110 Å². The SMILES string of the molecule is CCNCc1ccoc1CN1CC2CCCC2C1. The van der Waals surface area contributed by atoms with Gasteiger partial charge in [-0.3, -0.25) is 4.90 Å². The first-order chi connectivity index (χ1) is 8.86. The monoisotopic (exact) mass is 248 g/mol. The molecule has 0 bridgehead atoms. The van der Waals surface area contributed by atoms with E-state index in [0.29, 0.717) is 0 Å². The molecule has 1 aliphatic heterocycles. The Bertz CT molecular complexity index is 376. The lowest BCUT2D eigenvalue weighted by atomic mass is 10.0. The van der Waals surface area contributed by atoms with Gasteiger partial charge in [0.25, 0.3) is 0 Å². The fourth-order valence-corrected chi connectivity index (χ4v) is 3.59. The fraction of sp³-hybridized carbons (Fsp3) is 0.733. The number of rotatable bonds is 5. The standard InChI is InChI=1S/C15H24N2O/c1-2-16-8-12-6-7-18-15(12)11-17-9-13-4-3-5-14(13)10-17/h6-7,13-14,16H,2-5,8-11H2,1H3. The predicted molar refractivity (Wildman–Crippen MR) is 72.2 cm³/mol. The third-order valence-corrected chi connectivity index (χ3v) is 4.57. The van der Waals surface area contributed by atoms with E-state index in [4.69, 9.17) is 4.42 Å². The lowest BCUT2D eigenvalue weighted by Gasteiger charge is -2.16. The van der Waals surface area contributed by atoms with E-state index in [1.54, 1.807) is 0 Å². The third-order valence-electron chi connectivity index (χ3n) is 4.57. The van der Waals surface area contributed by atoms with Crippen LogP contribution in [0.1, 0.15) is 37.5 Å². The van der Waals surface area contributed by atoms with Crippen molar-refractivity contribution < 1.29 is 4.42 Å². The molecular formula is C15H24N2O. The Hall–Kier alpha value is -0.800. The van der Waals surface area contributed by atoms with Crippen molar-refractivity contribution in [3.63, 3.8) is 0 Å². The molecule has 0 aromatic carbocycles. The second-order valence-electron chi connectivity index (χ2n) is 5.79. The number of furan rings is 1. The van der Waals surface area contributed by atoms with Crippen molar-refractivity contribution in [3.8, 4) is 0 Å². The largest absolute Gasteiger partial charge is 0.468 e. The summed E-state index contributed by atoms with van der Waals surface area (Å²) < 4.78 is 5.66. The minimum absolute atomic E-state index is 0.934. The van der Waals surface area contributed by atoms with Crippen molar-refractivity contribution in [2.24, 2.45) is 11.8 Å². The molecule has 1 saturated carbocycles. The Morgan fingerprint density at radius 3 is 2.83 bits per heavy atom. The van der Waals surface area contributed by atoms with Crippen LogP contribution in [0.5, 0.6) is 0 Å². The molecular weight excluding hydrogens is 224 g/mol. The fourth-order valence-electron chi connectivity index (χ4n) is 3.59. The molecule has 3 rings (SSSR count). The van der Waals surface area contributed by atoms with Crippen LogP contribution in [0.2, 0.25) is 0 Å². The Kier molecular flexibility index (Phi) is 3.71. The number of fused-ring (bicyclic) bond motifs is 1. The van der Waals surface area contributed by atoms with Crippen molar-refractivity contribution in [2.75, 3.05) is 19.6 Å². The van der Waals surface area contributed by atoms with Crippen LogP contribution in [0.4, 0.5) is 0 Å². The topological polar surface area (TPSA) is 28.4 Å². The van der Waals surface area contributed by atoms with Gasteiger partial charge >= 0.3 is 0 Å². The van der Waals surface area contributed by atoms with E-state index in [1.165, 1.54) is 37.9 Å². The van der Waals surface area contributed by atoms with E-state index in [0.717, 1.165) is 37.2 Å². The van der Waals surface area contributed by atoms with Gasteiger partial charge in [-0.15, -0.1) is 0 Å². The quantitative estimate of drug-likeness (QED) is 0.868. The van der Waals surface area contributed by atoms with Crippen LogP contribution < -0.4 is 5.32 Å². The molecule has 1 N–H and O–H groups in total. The lowest BCUT2D eigenvalue weighted by molar-refractivity contribution is 0.274. The maximum atomic E-state index is 5.66. The van der Waals surface area contributed by atoms with Crippen molar-refractivity contribution in [2.45, 2.75) is 39.3 Å².